The Morgan fingerprint density at radius 2 is 2.05 bits per heavy atom. The van der Waals surface area contributed by atoms with Crippen molar-refractivity contribution in [3.05, 3.63) is 50.9 Å². The van der Waals surface area contributed by atoms with Gasteiger partial charge in [-0.3, -0.25) is 4.79 Å². The average molecular weight is 289 g/mol. The molecule has 0 atom stereocenters. The van der Waals surface area contributed by atoms with Crippen LogP contribution >= 0.6 is 22.7 Å². The normalized spacial score (nSPS) is 14.9. The zero-order valence-corrected chi connectivity index (χ0v) is 12.1. The van der Waals surface area contributed by atoms with Crippen LogP contribution in [0.2, 0.25) is 0 Å². The molecule has 2 heterocycles. The highest BCUT2D eigenvalue weighted by Crippen LogP contribution is 2.29. The largest absolute Gasteiger partial charge is 0.332 e. The summed E-state index contributed by atoms with van der Waals surface area (Å²) in [7, 11) is 0. The van der Waals surface area contributed by atoms with Gasteiger partial charge in [0.05, 0.1) is 0 Å². The van der Waals surface area contributed by atoms with Gasteiger partial charge in [-0.25, -0.2) is 0 Å². The number of carbonyl (C=O) groups is 1. The fraction of sp³-hybridized carbons (Fsp3) is 0.267. The van der Waals surface area contributed by atoms with Gasteiger partial charge < -0.3 is 4.90 Å². The van der Waals surface area contributed by atoms with Crippen LogP contribution in [0, 0.1) is 0 Å². The number of carbonyl (C=O) groups excluding carboxylic acids is 1. The maximum absolute atomic E-state index is 12.3. The van der Waals surface area contributed by atoms with Gasteiger partial charge in [-0.05, 0) is 63.7 Å². The summed E-state index contributed by atoms with van der Waals surface area (Å²) >= 11 is 3.33. The van der Waals surface area contributed by atoms with Crippen LogP contribution in [-0.2, 0) is 11.3 Å². The highest BCUT2D eigenvalue weighted by atomic mass is 32.1. The SMILES string of the molecule is O=C(/C=C/c1ccsc1)N(Cc1ccsc1)C1CC1. The first kappa shape index (κ1) is 12.6. The predicted molar refractivity (Wildman–Crippen MR) is 81.2 cm³/mol. The second kappa shape index (κ2) is 5.72. The van der Waals surface area contributed by atoms with E-state index < -0.39 is 0 Å². The maximum atomic E-state index is 12.3. The van der Waals surface area contributed by atoms with Crippen LogP contribution in [0.25, 0.3) is 6.08 Å². The van der Waals surface area contributed by atoms with Crippen LogP contribution in [0.1, 0.15) is 24.0 Å². The van der Waals surface area contributed by atoms with Crippen LogP contribution in [0.3, 0.4) is 0 Å². The molecule has 2 aromatic heterocycles. The van der Waals surface area contributed by atoms with E-state index in [1.807, 2.05) is 27.8 Å². The Morgan fingerprint density at radius 1 is 1.26 bits per heavy atom. The molecule has 3 rings (SSSR count). The van der Waals surface area contributed by atoms with Gasteiger partial charge >= 0.3 is 0 Å². The smallest absolute Gasteiger partial charge is 0.247 e. The van der Waals surface area contributed by atoms with E-state index >= 15 is 0 Å². The summed E-state index contributed by atoms with van der Waals surface area (Å²) in [6.07, 6.45) is 5.89. The van der Waals surface area contributed by atoms with Gasteiger partial charge in [0, 0.05) is 18.7 Å². The predicted octanol–water partition coefficient (Wildman–Crippen LogP) is 4.01. The fourth-order valence-electron chi connectivity index (χ4n) is 1.99. The lowest BCUT2D eigenvalue weighted by Gasteiger charge is -2.20. The first-order valence-electron chi connectivity index (χ1n) is 6.35. The van der Waals surface area contributed by atoms with Crippen molar-refractivity contribution in [2.75, 3.05) is 0 Å². The van der Waals surface area contributed by atoms with Crippen LogP contribution < -0.4 is 0 Å². The lowest BCUT2D eigenvalue weighted by molar-refractivity contribution is -0.127. The van der Waals surface area contributed by atoms with Gasteiger partial charge in [0.25, 0.3) is 0 Å². The number of thiophene rings is 2. The summed E-state index contributed by atoms with van der Waals surface area (Å²) in [5.74, 6) is 0.125. The van der Waals surface area contributed by atoms with Crippen molar-refractivity contribution in [2.24, 2.45) is 0 Å². The molecule has 2 aromatic rings. The number of hydrogen-bond donors (Lipinski definition) is 0. The van der Waals surface area contributed by atoms with Crippen molar-refractivity contribution < 1.29 is 4.79 Å². The highest BCUT2D eigenvalue weighted by Gasteiger charge is 2.31. The summed E-state index contributed by atoms with van der Waals surface area (Å²) in [5, 5.41) is 8.25. The first-order chi connectivity index (χ1) is 9.33. The number of nitrogens with zero attached hydrogens (tertiary/aromatic N) is 1. The lowest BCUT2D eigenvalue weighted by Crippen LogP contribution is -2.30. The second-order valence-corrected chi connectivity index (χ2v) is 6.28. The van der Waals surface area contributed by atoms with E-state index in [4.69, 9.17) is 0 Å². The molecule has 19 heavy (non-hydrogen) atoms. The Bertz CT molecular complexity index is 553. The van der Waals surface area contributed by atoms with Gasteiger partial charge in [-0.15, -0.1) is 0 Å². The molecule has 1 fully saturated rings. The summed E-state index contributed by atoms with van der Waals surface area (Å²) in [5.41, 5.74) is 2.33. The van der Waals surface area contributed by atoms with E-state index in [0.717, 1.165) is 24.9 Å². The standard InChI is InChI=1S/C15H15NOS2/c17-15(4-1-12-5-7-18-10-12)16(14-2-3-14)9-13-6-8-19-11-13/h1,4-8,10-11,14H,2-3,9H2/b4-1+. The van der Waals surface area contributed by atoms with E-state index in [9.17, 15) is 4.79 Å². The Hall–Kier alpha value is -1.39. The van der Waals surface area contributed by atoms with Gasteiger partial charge in [0.2, 0.25) is 5.91 Å². The third kappa shape index (κ3) is 3.33. The third-order valence-electron chi connectivity index (χ3n) is 3.17. The zero-order valence-electron chi connectivity index (χ0n) is 10.5. The molecule has 2 nitrogen and oxygen atoms in total. The highest BCUT2D eigenvalue weighted by molar-refractivity contribution is 7.08. The van der Waals surface area contributed by atoms with Crippen molar-refractivity contribution >= 4 is 34.7 Å². The van der Waals surface area contributed by atoms with Crippen LogP contribution in [0.5, 0.6) is 0 Å². The van der Waals surface area contributed by atoms with Gasteiger partial charge in [-0.2, -0.15) is 22.7 Å². The molecule has 0 N–H and O–H groups in total. The Labute approximate surface area is 121 Å². The summed E-state index contributed by atoms with van der Waals surface area (Å²) < 4.78 is 0. The van der Waals surface area contributed by atoms with Crippen LogP contribution in [0.15, 0.2) is 39.7 Å². The maximum Gasteiger partial charge on any atom is 0.247 e. The third-order valence-corrected chi connectivity index (χ3v) is 4.60. The molecule has 0 saturated heterocycles. The van der Waals surface area contributed by atoms with Crippen molar-refractivity contribution in [1.29, 1.82) is 0 Å². The van der Waals surface area contributed by atoms with Gasteiger partial charge in [0.1, 0.15) is 0 Å². The molecular weight excluding hydrogens is 274 g/mol. The monoisotopic (exact) mass is 289 g/mol. The van der Waals surface area contributed by atoms with Gasteiger partial charge in [-0.1, -0.05) is 0 Å². The van der Waals surface area contributed by atoms with Crippen LogP contribution in [-0.4, -0.2) is 16.8 Å². The molecular formula is C15H15NOS2. The van der Waals surface area contributed by atoms with Crippen molar-refractivity contribution in [3.63, 3.8) is 0 Å². The zero-order chi connectivity index (χ0) is 13.1. The van der Waals surface area contributed by atoms with E-state index in [2.05, 4.69) is 16.8 Å². The second-order valence-electron chi connectivity index (χ2n) is 4.72. The number of amides is 1. The van der Waals surface area contributed by atoms with Crippen molar-refractivity contribution in [2.45, 2.75) is 25.4 Å². The van der Waals surface area contributed by atoms with E-state index in [1.54, 1.807) is 28.7 Å². The quantitative estimate of drug-likeness (QED) is 0.761. The number of hydrogen-bond acceptors (Lipinski definition) is 3. The van der Waals surface area contributed by atoms with Crippen molar-refractivity contribution in [1.82, 2.24) is 4.90 Å². The molecule has 0 radical (unpaired) electrons. The topological polar surface area (TPSA) is 20.3 Å². The minimum absolute atomic E-state index is 0.125. The summed E-state index contributed by atoms with van der Waals surface area (Å²) in [4.78, 5) is 14.3. The Balaban J connectivity index is 1.68. The van der Waals surface area contributed by atoms with Crippen molar-refractivity contribution in [3.8, 4) is 0 Å². The molecule has 1 saturated carbocycles. The van der Waals surface area contributed by atoms with Crippen LogP contribution in [0.4, 0.5) is 0 Å². The lowest BCUT2D eigenvalue weighted by atomic mass is 10.2. The van der Waals surface area contributed by atoms with E-state index in [-0.39, 0.29) is 5.91 Å². The molecule has 4 heteroatoms. The molecule has 0 bridgehead atoms. The summed E-state index contributed by atoms with van der Waals surface area (Å²) in [6, 6.07) is 4.56. The van der Waals surface area contributed by atoms with E-state index in [0.29, 0.717) is 6.04 Å². The minimum atomic E-state index is 0.125. The first-order valence-corrected chi connectivity index (χ1v) is 8.23. The van der Waals surface area contributed by atoms with Gasteiger partial charge in [0.15, 0.2) is 0 Å². The summed E-state index contributed by atoms with van der Waals surface area (Å²) in [6.45, 7) is 0.737. The molecule has 0 spiro atoms. The average Bonchev–Trinajstić information content (AvgIpc) is 2.94. The fourth-order valence-corrected chi connectivity index (χ4v) is 3.27. The minimum Gasteiger partial charge on any atom is -0.332 e. The Kier molecular flexibility index (Phi) is 3.80. The van der Waals surface area contributed by atoms with E-state index in [1.165, 1.54) is 5.56 Å². The molecule has 1 aliphatic carbocycles. The molecule has 1 aliphatic rings. The molecule has 0 aliphatic heterocycles. The molecule has 1 amide bonds. The molecule has 0 aromatic carbocycles. The molecule has 0 unspecified atom stereocenters. The molecule has 98 valence electrons. The number of rotatable bonds is 5. The Morgan fingerprint density at radius 3 is 2.68 bits per heavy atom.